The van der Waals surface area contributed by atoms with Gasteiger partial charge in [-0.1, -0.05) is 23.2 Å². The number of aromatic nitrogens is 3. The molecule has 5 aromatic rings. The molecule has 0 unspecified atom stereocenters. The molecule has 1 N–H and O–H groups in total. The van der Waals surface area contributed by atoms with Crippen LogP contribution in [-0.2, 0) is 4.79 Å². The third-order valence-corrected chi connectivity index (χ3v) is 5.64. The molecule has 0 aliphatic rings. The van der Waals surface area contributed by atoms with Crippen LogP contribution < -0.4 is 10.1 Å². The Morgan fingerprint density at radius 1 is 0.972 bits per heavy atom. The molecule has 2 aromatic heterocycles. The molecule has 3 aromatic carbocycles. The van der Waals surface area contributed by atoms with E-state index in [1.165, 1.54) is 6.08 Å². The van der Waals surface area contributed by atoms with E-state index in [0.717, 1.165) is 17.0 Å². The molecule has 0 bridgehead atoms. The van der Waals surface area contributed by atoms with Crippen LogP contribution in [0.15, 0.2) is 83.3 Å². The fraction of sp³-hybridized carbons (Fsp3) is 0.0741. The van der Waals surface area contributed by atoms with Crippen LogP contribution in [0, 0.1) is 0 Å². The van der Waals surface area contributed by atoms with E-state index in [1.807, 2.05) is 37.3 Å². The van der Waals surface area contributed by atoms with Crippen LogP contribution in [0.1, 0.15) is 12.7 Å². The smallest absolute Gasteiger partial charge is 0.248 e. The molecule has 1 amide bonds. The van der Waals surface area contributed by atoms with Crippen molar-refractivity contribution >= 4 is 51.9 Å². The van der Waals surface area contributed by atoms with E-state index in [4.69, 9.17) is 32.4 Å². The highest BCUT2D eigenvalue weighted by Gasteiger charge is 2.09. The largest absolute Gasteiger partial charge is 0.494 e. The maximum Gasteiger partial charge on any atom is 0.248 e. The highest BCUT2D eigenvalue weighted by Crippen LogP contribution is 2.29. The van der Waals surface area contributed by atoms with Gasteiger partial charge < -0.3 is 14.5 Å². The average Bonchev–Trinajstić information content (AvgIpc) is 3.50. The number of carbonyl (C=O) groups excluding carboxylic acids is 1. The van der Waals surface area contributed by atoms with E-state index in [1.54, 1.807) is 53.3 Å². The molecule has 0 aliphatic heterocycles. The molecule has 0 spiro atoms. The summed E-state index contributed by atoms with van der Waals surface area (Å²) >= 11 is 12.1. The number of hydrogen-bond donors (Lipinski definition) is 1. The lowest BCUT2D eigenvalue weighted by Gasteiger charge is -2.03. The number of fused-ring (bicyclic) bond motifs is 1. The highest BCUT2D eigenvalue weighted by molar-refractivity contribution is 6.35. The van der Waals surface area contributed by atoms with Gasteiger partial charge in [0.15, 0.2) is 0 Å². The van der Waals surface area contributed by atoms with Gasteiger partial charge >= 0.3 is 0 Å². The van der Waals surface area contributed by atoms with Crippen molar-refractivity contribution in [1.29, 1.82) is 0 Å². The van der Waals surface area contributed by atoms with Crippen LogP contribution in [0.4, 0.5) is 5.69 Å². The Labute approximate surface area is 216 Å². The Hall–Kier alpha value is -4.07. The molecule has 180 valence electrons. The van der Waals surface area contributed by atoms with Crippen molar-refractivity contribution in [1.82, 2.24) is 15.0 Å². The number of amides is 1. The molecule has 36 heavy (non-hydrogen) atoms. The summed E-state index contributed by atoms with van der Waals surface area (Å²) in [7, 11) is 0. The van der Waals surface area contributed by atoms with Gasteiger partial charge in [-0.25, -0.2) is 0 Å². The molecule has 9 heteroatoms. The Kier molecular flexibility index (Phi) is 6.75. The van der Waals surface area contributed by atoms with Gasteiger partial charge in [-0.2, -0.15) is 4.80 Å². The van der Waals surface area contributed by atoms with Gasteiger partial charge in [0.1, 0.15) is 28.3 Å². The molecule has 0 fully saturated rings. The number of hydrogen-bond acceptors (Lipinski definition) is 5. The van der Waals surface area contributed by atoms with E-state index < -0.39 is 0 Å². The predicted molar refractivity (Wildman–Crippen MR) is 142 cm³/mol. The molecular weight excluding hydrogens is 499 g/mol. The summed E-state index contributed by atoms with van der Waals surface area (Å²) in [4.78, 5) is 14.0. The molecule has 0 saturated carbocycles. The number of benzene rings is 3. The lowest BCUT2D eigenvalue weighted by molar-refractivity contribution is -0.111. The number of ether oxygens (including phenoxy) is 1. The minimum atomic E-state index is -0.308. The molecule has 7 nitrogen and oxygen atoms in total. The van der Waals surface area contributed by atoms with Crippen molar-refractivity contribution in [3.63, 3.8) is 0 Å². The van der Waals surface area contributed by atoms with Gasteiger partial charge in [-0.15, -0.1) is 10.2 Å². The molecule has 5 rings (SSSR count). The minimum absolute atomic E-state index is 0.308. The summed E-state index contributed by atoms with van der Waals surface area (Å²) in [6.45, 7) is 2.54. The van der Waals surface area contributed by atoms with Gasteiger partial charge in [0.2, 0.25) is 5.91 Å². The Balaban J connectivity index is 1.26. The topological polar surface area (TPSA) is 82.2 Å². The highest BCUT2D eigenvalue weighted by atomic mass is 35.5. The lowest BCUT2D eigenvalue weighted by Crippen LogP contribution is -2.07. The van der Waals surface area contributed by atoms with E-state index >= 15 is 0 Å². The maximum absolute atomic E-state index is 12.5. The number of nitrogens with one attached hydrogen (secondary N) is 1. The van der Waals surface area contributed by atoms with Crippen LogP contribution in [0.3, 0.4) is 0 Å². The summed E-state index contributed by atoms with van der Waals surface area (Å²) in [5.41, 5.74) is 3.53. The normalized spacial score (nSPS) is 11.3. The monoisotopic (exact) mass is 518 g/mol. The van der Waals surface area contributed by atoms with Crippen LogP contribution in [0.25, 0.3) is 34.1 Å². The molecule has 0 radical (unpaired) electrons. The minimum Gasteiger partial charge on any atom is -0.494 e. The summed E-state index contributed by atoms with van der Waals surface area (Å²) in [5, 5.41) is 12.9. The summed E-state index contributed by atoms with van der Waals surface area (Å²) in [5.74, 6) is 1.60. The second-order valence-electron chi connectivity index (χ2n) is 7.80. The van der Waals surface area contributed by atoms with Gasteiger partial charge in [0, 0.05) is 27.4 Å². The number of anilines is 1. The molecule has 0 aliphatic carbocycles. The average molecular weight is 519 g/mol. The van der Waals surface area contributed by atoms with Crippen LogP contribution in [-0.4, -0.2) is 27.5 Å². The number of furan rings is 1. The van der Waals surface area contributed by atoms with E-state index in [-0.39, 0.29) is 5.91 Å². The SMILES string of the molecule is CCOc1ccc(-n2nc3ccc(NC(=O)/C=C/c4ccc(-c5cc(Cl)cc(Cl)c5)o4)cc3n2)cc1. The molecule has 2 heterocycles. The number of carbonyl (C=O) groups is 1. The maximum atomic E-state index is 12.5. The summed E-state index contributed by atoms with van der Waals surface area (Å²) < 4.78 is 11.3. The first kappa shape index (κ1) is 23.7. The summed E-state index contributed by atoms with van der Waals surface area (Å²) in [6, 6.07) is 21.6. The van der Waals surface area contributed by atoms with Crippen molar-refractivity contribution in [2.24, 2.45) is 0 Å². The van der Waals surface area contributed by atoms with E-state index in [0.29, 0.717) is 44.9 Å². The van der Waals surface area contributed by atoms with Gasteiger partial charge in [-0.05, 0) is 85.8 Å². The van der Waals surface area contributed by atoms with Crippen molar-refractivity contribution in [2.75, 3.05) is 11.9 Å². The Morgan fingerprint density at radius 2 is 1.72 bits per heavy atom. The van der Waals surface area contributed by atoms with Crippen LogP contribution in [0.5, 0.6) is 5.75 Å². The van der Waals surface area contributed by atoms with Gasteiger partial charge in [0.25, 0.3) is 0 Å². The number of rotatable bonds is 7. The van der Waals surface area contributed by atoms with Crippen molar-refractivity contribution in [3.05, 3.63) is 94.7 Å². The molecule has 0 atom stereocenters. The quantitative estimate of drug-likeness (QED) is 0.233. The first-order valence-corrected chi connectivity index (χ1v) is 11.9. The van der Waals surface area contributed by atoms with Gasteiger partial charge in [-0.3, -0.25) is 4.79 Å². The lowest BCUT2D eigenvalue weighted by atomic mass is 10.2. The standard InChI is InChI=1S/C27H20Cl2N4O3/c1-2-35-22-6-4-21(5-7-22)33-31-24-10-3-20(16-25(24)32-33)30-27(34)12-9-23-8-11-26(36-23)17-13-18(28)15-19(29)14-17/h3-16H,2H2,1H3,(H,30,34)/b12-9+. The number of nitrogens with zero attached hydrogens (tertiary/aromatic N) is 3. The van der Waals surface area contributed by atoms with Gasteiger partial charge in [0.05, 0.1) is 12.3 Å². The fourth-order valence-corrected chi connectivity index (χ4v) is 4.11. The van der Waals surface area contributed by atoms with Crippen molar-refractivity contribution in [3.8, 4) is 22.8 Å². The second kappa shape index (κ2) is 10.3. The van der Waals surface area contributed by atoms with E-state index in [2.05, 4.69) is 15.5 Å². The zero-order valence-electron chi connectivity index (χ0n) is 19.1. The predicted octanol–water partition coefficient (Wildman–Crippen LogP) is 7.04. The van der Waals surface area contributed by atoms with E-state index in [9.17, 15) is 4.79 Å². The molecule has 0 saturated heterocycles. The first-order valence-electron chi connectivity index (χ1n) is 11.1. The zero-order chi connectivity index (χ0) is 25.1. The first-order chi connectivity index (χ1) is 17.5. The fourth-order valence-electron chi connectivity index (χ4n) is 3.59. The summed E-state index contributed by atoms with van der Waals surface area (Å²) in [6.07, 6.45) is 2.99. The third-order valence-electron chi connectivity index (χ3n) is 5.20. The number of halogens is 2. The van der Waals surface area contributed by atoms with Crippen molar-refractivity contribution in [2.45, 2.75) is 6.92 Å². The Morgan fingerprint density at radius 3 is 2.47 bits per heavy atom. The Bertz CT molecular complexity index is 1550. The zero-order valence-corrected chi connectivity index (χ0v) is 20.6. The van der Waals surface area contributed by atoms with Crippen LogP contribution in [0.2, 0.25) is 10.0 Å². The second-order valence-corrected chi connectivity index (χ2v) is 8.68. The van der Waals surface area contributed by atoms with Crippen molar-refractivity contribution < 1.29 is 13.9 Å². The van der Waals surface area contributed by atoms with Crippen LogP contribution >= 0.6 is 23.2 Å². The third kappa shape index (κ3) is 5.43. The molecular formula is C27H20Cl2N4O3.